The van der Waals surface area contributed by atoms with E-state index >= 15 is 0 Å². The van der Waals surface area contributed by atoms with Crippen LogP contribution in [-0.4, -0.2) is 55.4 Å². The average Bonchev–Trinajstić information content (AvgIpc) is 3.79. The van der Waals surface area contributed by atoms with Gasteiger partial charge in [0.15, 0.2) is 0 Å². The van der Waals surface area contributed by atoms with Crippen LogP contribution in [0.4, 0.5) is 10.5 Å². The largest absolute Gasteiger partial charge is 0.489 e. The quantitative estimate of drug-likeness (QED) is 0.204. The molecule has 0 spiro atoms. The summed E-state index contributed by atoms with van der Waals surface area (Å²) in [5.41, 5.74) is 2.12. The molecule has 2 aliphatic rings. The van der Waals surface area contributed by atoms with Crippen LogP contribution in [0.25, 0.3) is 10.6 Å². The van der Waals surface area contributed by atoms with Crippen molar-refractivity contribution in [2.75, 3.05) is 18.4 Å². The maximum atomic E-state index is 13.2. The minimum atomic E-state index is -3.96. The molecule has 2 N–H and O–H groups in total. The molecule has 7 rings (SSSR count). The summed E-state index contributed by atoms with van der Waals surface area (Å²) in [5.74, 6) is -0.303. The fourth-order valence-corrected chi connectivity index (χ4v) is 8.11. The lowest BCUT2D eigenvalue weighted by Crippen LogP contribution is -2.31. The van der Waals surface area contributed by atoms with E-state index in [0.29, 0.717) is 25.3 Å². The number of fused-ring (bicyclic) bond motifs is 2. The summed E-state index contributed by atoms with van der Waals surface area (Å²) in [4.78, 5) is 45.1. The molecular weight excluding hydrogens is 665 g/mol. The molecule has 0 saturated carbocycles. The summed E-state index contributed by atoms with van der Waals surface area (Å²) in [6, 6.07) is 27.2. The zero-order valence-electron chi connectivity index (χ0n) is 26.0. The molecule has 1 fully saturated rings. The summed E-state index contributed by atoms with van der Waals surface area (Å²) in [5, 5.41) is 6.24. The monoisotopic (exact) mass is 694 g/mol. The van der Waals surface area contributed by atoms with E-state index in [1.165, 1.54) is 41.7 Å². The van der Waals surface area contributed by atoms with E-state index in [1.54, 1.807) is 23.2 Å². The van der Waals surface area contributed by atoms with Crippen LogP contribution in [0.1, 0.15) is 37.6 Å². The van der Waals surface area contributed by atoms with Crippen molar-refractivity contribution >= 4 is 44.8 Å². The van der Waals surface area contributed by atoms with Crippen molar-refractivity contribution in [2.45, 2.75) is 35.5 Å². The highest BCUT2D eigenvalue weighted by Crippen LogP contribution is 2.34. The van der Waals surface area contributed by atoms with Crippen molar-refractivity contribution in [3.63, 3.8) is 0 Å². The molecule has 13 heteroatoms. The standard InChI is InChI=1S/C36H30N4O7S2/c41-33(25-12-15-32-30(18-25)39-34(42)29-8-4-5-9-31(29)49(32,44)45)37-19-28-20-38-35(48-28)24-10-13-26(14-11-24)47-27-16-17-40(21-27)36(43)46-22-23-6-2-1-3-7-23/h1-15,18,20,27H,16-17,19,21-22H2,(H,37,41)(H,39,42)/t27-/m0/s1. The number of carbonyl (C=O) groups excluding carboxylic acids is 3. The Balaban J connectivity index is 0.923. The number of thiazole rings is 1. The van der Waals surface area contributed by atoms with Crippen LogP contribution in [0.2, 0.25) is 0 Å². The molecule has 0 radical (unpaired) electrons. The number of anilines is 1. The average molecular weight is 695 g/mol. The van der Waals surface area contributed by atoms with E-state index in [1.807, 2.05) is 54.6 Å². The predicted molar refractivity (Wildman–Crippen MR) is 182 cm³/mol. The van der Waals surface area contributed by atoms with Crippen LogP contribution in [0.5, 0.6) is 5.75 Å². The summed E-state index contributed by atoms with van der Waals surface area (Å²) in [6.45, 7) is 1.45. The molecule has 2 aliphatic heterocycles. The van der Waals surface area contributed by atoms with Crippen molar-refractivity contribution < 1.29 is 32.3 Å². The number of carbonyl (C=O) groups is 3. The Morgan fingerprint density at radius 1 is 0.959 bits per heavy atom. The van der Waals surface area contributed by atoms with Gasteiger partial charge in [0.05, 0.1) is 34.1 Å². The van der Waals surface area contributed by atoms with Gasteiger partial charge < -0.3 is 25.0 Å². The van der Waals surface area contributed by atoms with Crippen LogP contribution in [0.3, 0.4) is 0 Å². The Hall–Kier alpha value is -5.53. The molecule has 248 valence electrons. The van der Waals surface area contributed by atoms with Gasteiger partial charge in [0.2, 0.25) is 9.84 Å². The summed E-state index contributed by atoms with van der Waals surface area (Å²) >= 11 is 1.43. The highest BCUT2D eigenvalue weighted by molar-refractivity contribution is 7.91. The van der Waals surface area contributed by atoms with Crippen molar-refractivity contribution in [3.05, 3.63) is 125 Å². The maximum absolute atomic E-state index is 13.2. The van der Waals surface area contributed by atoms with Gasteiger partial charge in [0, 0.05) is 35.2 Å². The molecule has 0 aliphatic carbocycles. The lowest BCUT2D eigenvalue weighted by Gasteiger charge is -2.17. The Bertz CT molecular complexity index is 2150. The molecule has 4 aromatic carbocycles. The van der Waals surface area contributed by atoms with Crippen LogP contribution in [-0.2, 0) is 27.7 Å². The third-order valence-corrected chi connectivity index (χ3v) is 11.1. The number of hydrogen-bond acceptors (Lipinski definition) is 9. The minimum Gasteiger partial charge on any atom is -0.489 e. The van der Waals surface area contributed by atoms with Crippen molar-refractivity contribution in [1.82, 2.24) is 15.2 Å². The van der Waals surface area contributed by atoms with Gasteiger partial charge in [-0.05, 0) is 60.2 Å². The van der Waals surface area contributed by atoms with Crippen molar-refractivity contribution in [1.29, 1.82) is 0 Å². The summed E-state index contributed by atoms with van der Waals surface area (Å²) in [7, 11) is -3.96. The Morgan fingerprint density at radius 3 is 2.55 bits per heavy atom. The third-order valence-electron chi connectivity index (χ3n) is 8.19. The molecule has 3 heterocycles. The summed E-state index contributed by atoms with van der Waals surface area (Å²) < 4.78 is 38.0. The molecule has 0 unspecified atom stereocenters. The van der Waals surface area contributed by atoms with Gasteiger partial charge in [-0.15, -0.1) is 11.3 Å². The molecule has 11 nitrogen and oxygen atoms in total. The van der Waals surface area contributed by atoms with Gasteiger partial charge in [-0.1, -0.05) is 42.5 Å². The number of hydrogen-bond donors (Lipinski definition) is 2. The zero-order valence-corrected chi connectivity index (χ0v) is 27.6. The number of ether oxygens (including phenoxy) is 2. The van der Waals surface area contributed by atoms with Gasteiger partial charge in [0.25, 0.3) is 11.8 Å². The smallest absolute Gasteiger partial charge is 0.410 e. The first-order valence-corrected chi connectivity index (χ1v) is 17.8. The first-order valence-electron chi connectivity index (χ1n) is 15.5. The van der Waals surface area contributed by atoms with E-state index < -0.39 is 21.7 Å². The van der Waals surface area contributed by atoms with Crippen LogP contribution in [0, 0.1) is 0 Å². The SMILES string of the molecule is O=C(NCc1cnc(-c2ccc(O[C@H]3CCN(C(=O)OCc4ccccc4)C3)cc2)s1)c1ccc2c(c1)NC(=O)c1ccccc1S2(=O)=O. The van der Waals surface area contributed by atoms with E-state index in [-0.39, 0.29) is 52.0 Å². The Labute approximate surface area is 286 Å². The maximum Gasteiger partial charge on any atom is 0.410 e. The number of rotatable bonds is 8. The van der Waals surface area contributed by atoms with E-state index in [9.17, 15) is 22.8 Å². The highest BCUT2D eigenvalue weighted by atomic mass is 32.2. The number of sulfone groups is 1. The van der Waals surface area contributed by atoms with Crippen LogP contribution < -0.4 is 15.4 Å². The molecular formula is C36H30N4O7S2. The van der Waals surface area contributed by atoms with Gasteiger partial charge in [-0.25, -0.2) is 18.2 Å². The molecule has 49 heavy (non-hydrogen) atoms. The molecule has 1 aromatic heterocycles. The fraction of sp³-hybridized carbons (Fsp3) is 0.167. The normalized spacial score (nSPS) is 16.1. The van der Waals surface area contributed by atoms with Gasteiger partial charge in [-0.2, -0.15) is 0 Å². The van der Waals surface area contributed by atoms with E-state index in [0.717, 1.165) is 21.0 Å². The van der Waals surface area contributed by atoms with Gasteiger partial charge >= 0.3 is 6.09 Å². The minimum absolute atomic E-state index is 0.0481. The predicted octanol–water partition coefficient (Wildman–Crippen LogP) is 5.93. The van der Waals surface area contributed by atoms with E-state index in [4.69, 9.17) is 9.47 Å². The third kappa shape index (κ3) is 6.89. The second kappa shape index (κ2) is 13.5. The fourth-order valence-electron chi connectivity index (χ4n) is 5.66. The topological polar surface area (TPSA) is 144 Å². The number of aromatic nitrogens is 1. The van der Waals surface area contributed by atoms with E-state index in [2.05, 4.69) is 15.6 Å². The van der Waals surface area contributed by atoms with Crippen molar-refractivity contribution in [2.24, 2.45) is 0 Å². The lowest BCUT2D eigenvalue weighted by molar-refractivity contribution is 0.0949. The number of nitrogens with one attached hydrogen (secondary N) is 2. The molecule has 1 saturated heterocycles. The van der Waals surface area contributed by atoms with Crippen LogP contribution >= 0.6 is 11.3 Å². The van der Waals surface area contributed by atoms with Gasteiger partial charge in [0.1, 0.15) is 23.5 Å². The molecule has 3 amide bonds. The number of nitrogens with zero attached hydrogens (tertiary/aromatic N) is 2. The van der Waals surface area contributed by atoms with Crippen LogP contribution in [0.15, 0.2) is 113 Å². The lowest BCUT2D eigenvalue weighted by atomic mass is 10.1. The Morgan fingerprint density at radius 2 is 1.73 bits per heavy atom. The summed E-state index contributed by atoms with van der Waals surface area (Å²) in [6.07, 6.45) is 1.91. The number of amides is 3. The first-order chi connectivity index (χ1) is 23.7. The second-order valence-electron chi connectivity index (χ2n) is 11.5. The number of benzene rings is 4. The molecule has 0 bridgehead atoms. The highest BCUT2D eigenvalue weighted by Gasteiger charge is 2.32. The molecule has 1 atom stereocenters. The van der Waals surface area contributed by atoms with Crippen molar-refractivity contribution in [3.8, 4) is 16.3 Å². The first kappa shape index (κ1) is 32.0. The second-order valence-corrected chi connectivity index (χ2v) is 14.5. The zero-order chi connectivity index (χ0) is 34.0. The Kier molecular flexibility index (Phi) is 8.85. The molecule has 5 aromatic rings. The number of likely N-dealkylation sites (tertiary alicyclic amines) is 1. The van der Waals surface area contributed by atoms with Gasteiger partial charge in [-0.3, -0.25) is 9.59 Å².